The molecule has 12 heteroatoms. The van der Waals surface area contributed by atoms with E-state index in [0.29, 0.717) is 34.9 Å². The molecule has 35 heavy (non-hydrogen) atoms. The third-order valence-corrected chi connectivity index (χ3v) is 4.86. The number of aromatic carboxylic acids is 1. The van der Waals surface area contributed by atoms with Crippen LogP contribution in [0.5, 0.6) is 5.75 Å². The highest BCUT2D eigenvalue weighted by atomic mass is 16.5. The van der Waals surface area contributed by atoms with Crippen LogP contribution in [0.15, 0.2) is 67.5 Å². The highest BCUT2D eigenvalue weighted by Crippen LogP contribution is 2.26. The van der Waals surface area contributed by atoms with Crippen molar-refractivity contribution < 1.29 is 24.2 Å². The number of rotatable bonds is 6. The highest BCUT2D eigenvalue weighted by Gasteiger charge is 2.16. The molecule has 4 heterocycles. The molecule has 1 aromatic carbocycles. The Morgan fingerprint density at radius 2 is 1.60 bits per heavy atom. The number of carbonyl (C=O) groups excluding carboxylic acids is 1. The van der Waals surface area contributed by atoms with Crippen LogP contribution in [0.1, 0.15) is 26.3 Å². The minimum Gasteiger partial charge on any atom is -0.495 e. The predicted molar refractivity (Wildman–Crippen MR) is 125 cm³/mol. The zero-order chi connectivity index (χ0) is 24.8. The van der Waals surface area contributed by atoms with Gasteiger partial charge in [-0.1, -0.05) is 6.07 Å². The van der Waals surface area contributed by atoms with Crippen molar-refractivity contribution in [1.82, 2.24) is 29.2 Å². The standard InChI is InChI=1S/C16H16N4O3.C7H5N3O2/c1-22-10-11-4-5-13(14(8-11)23-2)19-16(21)12-9-18-20-7-3-6-17-15(12)20;11-7(12)5-4-9-10-3-1-2-8-6(5)10/h3-9H,10H2,1-2H3,(H,19,21);1-4H,(H,11,12). The first kappa shape index (κ1) is 23.3. The molecule has 0 bridgehead atoms. The molecule has 0 spiro atoms. The summed E-state index contributed by atoms with van der Waals surface area (Å²) in [6.45, 7) is 0.475. The molecule has 0 fully saturated rings. The van der Waals surface area contributed by atoms with Gasteiger partial charge in [0.15, 0.2) is 11.3 Å². The van der Waals surface area contributed by atoms with Gasteiger partial charge in [0.1, 0.15) is 16.9 Å². The molecule has 12 nitrogen and oxygen atoms in total. The van der Waals surface area contributed by atoms with E-state index in [9.17, 15) is 9.59 Å². The Kier molecular flexibility index (Phi) is 6.93. The fourth-order valence-corrected chi connectivity index (χ4v) is 3.25. The molecule has 0 aliphatic heterocycles. The molecule has 5 aromatic rings. The van der Waals surface area contributed by atoms with E-state index in [-0.39, 0.29) is 11.5 Å². The number of carboxylic acids is 1. The summed E-state index contributed by atoms with van der Waals surface area (Å²) >= 11 is 0. The van der Waals surface area contributed by atoms with E-state index >= 15 is 0 Å². The van der Waals surface area contributed by atoms with Crippen LogP contribution in [-0.2, 0) is 11.3 Å². The fraction of sp³-hybridized carbons (Fsp3) is 0.130. The van der Waals surface area contributed by atoms with Gasteiger partial charge in [-0.3, -0.25) is 4.79 Å². The highest BCUT2D eigenvalue weighted by molar-refractivity contribution is 6.08. The molecule has 2 N–H and O–H groups in total. The Hall–Kier alpha value is -4.84. The molecule has 1 amide bonds. The van der Waals surface area contributed by atoms with Crippen LogP contribution in [0.3, 0.4) is 0 Å². The number of hydrogen-bond acceptors (Lipinski definition) is 8. The second kappa shape index (κ2) is 10.4. The number of carbonyl (C=O) groups is 2. The molecule has 5 rings (SSSR count). The lowest BCUT2D eigenvalue weighted by atomic mass is 10.2. The number of fused-ring (bicyclic) bond motifs is 2. The number of benzene rings is 1. The van der Waals surface area contributed by atoms with Gasteiger partial charge < -0.3 is 19.9 Å². The minimum absolute atomic E-state index is 0.121. The number of methoxy groups -OCH3 is 2. The average molecular weight is 475 g/mol. The van der Waals surface area contributed by atoms with Crippen molar-refractivity contribution in [1.29, 1.82) is 0 Å². The summed E-state index contributed by atoms with van der Waals surface area (Å²) in [5.74, 6) is -0.738. The molecule has 0 aliphatic carbocycles. The van der Waals surface area contributed by atoms with Crippen molar-refractivity contribution >= 4 is 28.9 Å². The van der Waals surface area contributed by atoms with Gasteiger partial charge in [0, 0.05) is 31.9 Å². The van der Waals surface area contributed by atoms with E-state index in [1.807, 2.05) is 12.1 Å². The SMILES string of the molecule is COCc1ccc(NC(=O)c2cnn3cccnc23)c(OC)c1.O=C(O)c1cnn2cccnc12. The summed E-state index contributed by atoms with van der Waals surface area (Å²) in [6.07, 6.45) is 9.31. The smallest absolute Gasteiger partial charge is 0.341 e. The third-order valence-electron chi connectivity index (χ3n) is 4.86. The monoisotopic (exact) mass is 475 g/mol. The van der Waals surface area contributed by atoms with Gasteiger partial charge in [-0.05, 0) is 29.8 Å². The molecular formula is C23H21N7O5. The number of nitrogens with one attached hydrogen (secondary N) is 1. The first-order valence-corrected chi connectivity index (χ1v) is 10.3. The van der Waals surface area contributed by atoms with E-state index in [2.05, 4.69) is 25.5 Å². The summed E-state index contributed by atoms with van der Waals surface area (Å²) in [5, 5.41) is 19.4. The molecule has 0 atom stereocenters. The quantitative estimate of drug-likeness (QED) is 0.378. The average Bonchev–Trinajstić information content (AvgIpc) is 3.50. The molecule has 0 radical (unpaired) electrons. The summed E-state index contributed by atoms with van der Waals surface area (Å²) in [6, 6.07) is 8.92. The lowest BCUT2D eigenvalue weighted by molar-refractivity contribution is 0.0698. The Bertz CT molecular complexity index is 1490. The molecule has 0 unspecified atom stereocenters. The van der Waals surface area contributed by atoms with Crippen LogP contribution < -0.4 is 10.1 Å². The Morgan fingerprint density at radius 3 is 2.20 bits per heavy atom. The lowest BCUT2D eigenvalue weighted by Crippen LogP contribution is -2.13. The molecule has 0 saturated carbocycles. The number of amides is 1. The van der Waals surface area contributed by atoms with E-state index in [0.717, 1.165) is 5.56 Å². The number of aromatic nitrogens is 6. The van der Waals surface area contributed by atoms with Crippen molar-refractivity contribution in [3.05, 3.63) is 84.2 Å². The Morgan fingerprint density at radius 1 is 0.971 bits per heavy atom. The van der Waals surface area contributed by atoms with Gasteiger partial charge in [0.25, 0.3) is 5.91 Å². The molecule has 178 valence electrons. The summed E-state index contributed by atoms with van der Waals surface area (Å²) in [5.41, 5.74) is 2.92. The first-order valence-electron chi connectivity index (χ1n) is 10.3. The lowest BCUT2D eigenvalue weighted by Gasteiger charge is -2.11. The molecule has 0 saturated heterocycles. The maximum absolute atomic E-state index is 12.5. The number of carboxylic acid groups (broad SMARTS) is 1. The molecule has 4 aromatic heterocycles. The number of ether oxygens (including phenoxy) is 2. The summed E-state index contributed by atoms with van der Waals surface area (Å²) < 4.78 is 13.4. The normalized spacial score (nSPS) is 10.6. The molecular weight excluding hydrogens is 454 g/mol. The van der Waals surface area contributed by atoms with Gasteiger partial charge in [-0.25, -0.2) is 23.8 Å². The summed E-state index contributed by atoms with van der Waals surface area (Å²) in [7, 11) is 3.18. The van der Waals surface area contributed by atoms with Crippen LogP contribution in [0, 0.1) is 0 Å². The van der Waals surface area contributed by atoms with Crippen LogP contribution >= 0.6 is 0 Å². The Labute approximate surface area is 198 Å². The largest absolute Gasteiger partial charge is 0.495 e. The molecule has 0 aliphatic rings. The number of hydrogen-bond donors (Lipinski definition) is 2. The van der Waals surface area contributed by atoms with Crippen LogP contribution in [0.4, 0.5) is 5.69 Å². The number of nitrogens with zero attached hydrogens (tertiary/aromatic N) is 6. The van der Waals surface area contributed by atoms with Gasteiger partial charge >= 0.3 is 5.97 Å². The maximum atomic E-state index is 12.5. The van der Waals surface area contributed by atoms with E-state index in [4.69, 9.17) is 14.6 Å². The van der Waals surface area contributed by atoms with Crippen molar-refractivity contribution in [3.8, 4) is 5.75 Å². The topological polar surface area (TPSA) is 145 Å². The zero-order valence-electron chi connectivity index (χ0n) is 18.8. The third kappa shape index (κ3) is 5.07. The van der Waals surface area contributed by atoms with Crippen molar-refractivity contribution in [2.24, 2.45) is 0 Å². The second-order valence-electron chi connectivity index (χ2n) is 7.12. The predicted octanol–water partition coefficient (Wildman–Crippen LogP) is 2.56. The van der Waals surface area contributed by atoms with Crippen molar-refractivity contribution in [2.45, 2.75) is 6.61 Å². The van der Waals surface area contributed by atoms with Gasteiger partial charge in [-0.15, -0.1) is 0 Å². The van der Waals surface area contributed by atoms with Crippen LogP contribution in [-0.4, -0.2) is 60.4 Å². The first-order chi connectivity index (χ1) is 17.0. The van der Waals surface area contributed by atoms with Crippen LogP contribution in [0.25, 0.3) is 11.3 Å². The van der Waals surface area contributed by atoms with Gasteiger partial charge in [0.2, 0.25) is 0 Å². The van der Waals surface area contributed by atoms with Crippen molar-refractivity contribution in [2.75, 3.05) is 19.5 Å². The Balaban J connectivity index is 0.000000201. The van der Waals surface area contributed by atoms with E-state index in [1.165, 1.54) is 23.1 Å². The van der Waals surface area contributed by atoms with E-state index < -0.39 is 5.97 Å². The minimum atomic E-state index is -1.01. The maximum Gasteiger partial charge on any atom is 0.341 e. The van der Waals surface area contributed by atoms with E-state index in [1.54, 1.807) is 55.5 Å². The summed E-state index contributed by atoms with van der Waals surface area (Å²) in [4.78, 5) is 31.1. The van der Waals surface area contributed by atoms with Crippen LogP contribution in [0.2, 0.25) is 0 Å². The van der Waals surface area contributed by atoms with Gasteiger partial charge in [-0.2, -0.15) is 10.2 Å². The van der Waals surface area contributed by atoms with Gasteiger partial charge in [0.05, 0.1) is 31.8 Å². The fourth-order valence-electron chi connectivity index (χ4n) is 3.25. The second-order valence-corrected chi connectivity index (χ2v) is 7.12. The van der Waals surface area contributed by atoms with Crippen molar-refractivity contribution in [3.63, 3.8) is 0 Å². The number of anilines is 1. The zero-order valence-corrected chi connectivity index (χ0v) is 18.8.